The van der Waals surface area contributed by atoms with Crippen LogP contribution in [0.2, 0.25) is 0 Å². The lowest BCUT2D eigenvalue weighted by Crippen LogP contribution is -2.53. The van der Waals surface area contributed by atoms with E-state index < -0.39 is 99.4 Å². The van der Waals surface area contributed by atoms with Crippen molar-refractivity contribution in [3.05, 3.63) is 0 Å². The fraction of sp³-hybridized carbons (Fsp3) is 0.840. The summed E-state index contributed by atoms with van der Waals surface area (Å²) < 4.78 is 116. The zero-order chi connectivity index (χ0) is 30.6. The molecule has 234 valence electrons. The molecular weight excluding hydrogens is 603 g/mol. The van der Waals surface area contributed by atoms with E-state index in [4.69, 9.17) is 18.8 Å². The molecule has 7 aliphatic rings. The van der Waals surface area contributed by atoms with Gasteiger partial charge in [-0.05, 0) is 62.7 Å². The maximum absolute atomic E-state index is 13.7. The number of hydrogen-bond acceptors (Lipinski definition) is 10. The van der Waals surface area contributed by atoms with Gasteiger partial charge in [0.05, 0.1) is 17.3 Å². The van der Waals surface area contributed by atoms with E-state index in [2.05, 4.69) is 4.74 Å². The molecule has 0 amide bonds. The van der Waals surface area contributed by atoms with Crippen LogP contribution in [-0.2, 0) is 48.2 Å². The highest BCUT2D eigenvalue weighted by molar-refractivity contribution is 7.86. The molecule has 0 aromatic carbocycles. The molecule has 1 N–H and O–H groups in total. The molecule has 7 rings (SSSR count). The van der Waals surface area contributed by atoms with Gasteiger partial charge in [-0.2, -0.15) is 30.4 Å². The molecule has 6 bridgehead atoms. The summed E-state index contributed by atoms with van der Waals surface area (Å²) in [4.78, 5) is 51.1. The average molecular weight is 631 g/mol. The predicted molar refractivity (Wildman–Crippen MR) is 122 cm³/mol. The van der Waals surface area contributed by atoms with Gasteiger partial charge in [0.15, 0.2) is 6.61 Å². The number of esters is 4. The summed E-state index contributed by atoms with van der Waals surface area (Å²) in [5.41, 5.74) is -0.641. The summed E-state index contributed by atoms with van der Waals surface area (Å²) in [6.45, 7) is -1.64. The molecule has 6 aliphatic carbocycles. The first-order chi connectivity index (χ1) is 19.4. The molecule has 0 aromatic rings. The van der Waals surface area contributed by atoms with Gasteiger partial charge in [-0.3, -0.25) is 18.9 Å². The van der Waals surface area contributed by atoms with Crippen molar-refractivity contribution in [2.24, 2.45) is 46.8 Å². The van der Waals surface area contributed by atoms with Crippen molar-refractivity contribution >= 4 is 34.0 Å². The van der Waals surface area contributed by atoms with Crippen molar-refractivity contribution in [2.45, 2.75) is 74.7 Å². The maximum atomic E-state index is 13.7. The van der Waals surface area contributed by atoms with Crippen molar-refractivity contribution in [3.8, 4) is 0 Å². The van der Waals surface area contributed by atoms with Crippen LogP contribution in [0, 0.1) is 46.8 Å². The monoisotopic (exact) mass is 630 g/mol. The highest BCUT2D eigenvalue weighted by Gasteiger charge is 2.71. The second-order valence-electron chi connectivity index (χ2n) is 12.6. The Hall–Kier alpha value is -2.56. The van der Waals surface area contributed by atoms with Gasteiger partial charge in [0, 0.05) is 11.8 Å². The minimum Gasteiger partial charge on any atom is -0.458 e. The van der Waals surface area contributed by atoms with Gasteiger partial charge in [0.25, 0.3) is 6.10 Å². The Balaban J connectivity index is 1.12. The maximum Gasteiger partial charge on any atom is 0.432 e. The van der Waals surface area contributed by atoms with Gasteiger partial charge >= 0.3 is 45.4 Å². The first kappa shape index (κ1) is 29.5. The number of rotatable bonds is 8. The van der Waals surface area contributed by atoms with Crippen LogP contribution in [0.5, 0.6) is 0 Å². The lowest BCUT2D eigenvalue weighted by molar-refractivity contribution is -0.260. The lowest BCUT2D eigenvalue weighted by atomic mass is 9.49. The second-order valence-corrected chi connectivity index (χ2v) is 14.1. The van der Waals surface area contributed by atoms with Crippen molar-refractivity contribution < 1.29 is 73.0 Å². The van der Waals surface area contributed by atoms with E-state index in [-0.39, 0.29) is 6.42 Å². The Kier molecular flexibility index (Phi) is 6.65. The molecule has 42 heavy (non-hydrogen) atoms. The molecule has 1 heterocycles. The van der Waals surface area contributed by atoms with E-state index in [0.29, 0.717) is 37.0 Å². The van der Waals surface area contributed by atoms with E-state index in [1.807, 2.05) is 0 Å². The largest absolute Gasteiger partial charge is 0.458 e. The van der Waals surface area contributed by atoms with E-state index in [1.165, 1.54) is 0 Å². The van der Waals surface area contributed by atoms with Crippen LogP contribution >= 0.6 is 0 Å². The van der Waals surface area contributed by atoms with E-state index in [0.717, 1.165) is 19.3 Å². The highest BCUT2D eigenvalue weighted by Crippen LogP contribution is 2.62. The summed E-state index contributed by atoms with van der Waals surface area (Å²) in [5.74, 6) is -6.88. The third-order valence-corrected chi connectivity index (χ3v) is 11.0. The summed E-state index contributed by atoms with van der Waals surface area (Å²) in [6, 6.07) is 0. The van der Waals surface area contributed by atoms with E-state index in [9.17, 15) is 49.5 Å². The number of carbonyl (C=O) groups is 4. The topological polar surface area (TPSA) is 160 Å². The van der Waals surface area contributed by atoms with Gasteiger partial charge in [-0.25, -0.2) is 4.79 Å². The third kappa shape index (κ3) is 4.56. The van der Waals surface area contributed by atoms with E-state index >= 15 is 0 Å². The minimum absolute atomic E-state index is 0.237. The van der Waals surface area contributed by atoms with Gasteiger partial charge in [-0.15, -0.1) is 0 Å². The Morgan fingerprint density at radius 2 is 1.55 bits per heavy atom. The number of carbonyl (C=O) groups excluding carboxylic acids is 4. The molecule has 0 spiro atoms. The average Bonchev–Trinajstić information content (AvgIpc) is 3.47. The third-order valence-electron chi connectivity index (χ3n) is 10.1. The smallest absolute Gasteiger partial charge is 0.432 e. The highest BCUT2D eigenvalue weighted by atomic mass is 32.2. The Labute approximate surface area is 235 Å². The summed E-state index contributed by atoms with van der Waals surface area (Å²) >= 11 is 0. The molecular formula is C25H27F5O11S. The quantitative estimate of drug-likeness (QED) is 0.182. The second kappa shape index (κ2) is 9.47. The number of ether oxygens (including phenoxy) is 4. The van der Waals surface area contributed by atoms with Crippen LogP contribution in [0.4, 0.5) is 22.0 Å². The molecule has 7 fully saturated rings. The van der Waals surface area contributed by atoms with Crippen LogP contribution in [0.15, 0.2) is 0 Å². The van der Waals surface area contributed by atoms with Gasteiger partial charge in [0.1, 0.15) is 12.2 Å². The van der Waals surface area contributed by atoms with Gasteiger partial charge in [0.2, 0.25) is 0 Å². The van der Waals surface area contributed by atoms with Crippen molar-refractivity contribution in [3.63, 3.8) is 0 Å². The van der Waals surface area contributed by atoms with Gasteiger partial charge < -0.3 is 18.9 Å². The Morgan fingerprint density at radius 3 is 2.07 bits per heavy atom. The Morgan fingerprint density at radius 1 is 0.976 bits per heavy atom. The van der Waals surface area contributed by atoms with Crippen LogP contribution in [0.3, 0.4) is 0 Å². The fourth-order valence-electron chi connectivity index (χ4n) is 8.93. The standard InChI is InChI=1S/C25H27F5O11S/c26-24(27,28)21(25(29,30)42(35,36)37)39-14(31)8-38-19(32)15-12-4-13-16(15)20(33)40-17(13)18(12)41-22(34)23-5-9-1-10(6-23)3-11(2-9)7-23/h9-13,15-18,21H,1-8H2,(H,35,36,37). The predicted octanol–water partition coefficient (Wildman–Crippen LogP) is 2.42. The number of halogens is 5. The number of fused-ring (bicyclic) bond motifs is 1. The van der Waals surface area contributed by atoms with Crippen LogP contribution in [0.1, 0.15) is 44.9 Å². The van der Waals surface area contributed by atoms with Crippen molar-refractivity contribution in [1.29, 1.82) is 0 Å². The minimum atomic E-state index is -6.65. The molecule has 1 aliphatic heterocycles. The molecule has 0 radical (unpaired) electrons. The zero-order valence-corrected chi connectivity index (χ0v) is 22.6. The van der Waals surface area contributed by atoms with Crippen LogP contribution in [-0.4, -0.2) is 73.2 Å². The first-order valence-corrected chi connectivity index (χ1v) is 15.0. The van der Waals surface area contributed by atoms with Crippen LogP contribution < -0.4 is 0 Å². The molecule has 17 heteroatoms. The molecule has 6 saturated carbocycles. The van der Waals surface area contributed by atoms with Crippen LogP contribution in [0.25, 0.3) is 0 Å². The molecule has 7 unspecified atom stereocenters. The van der Waals surface area contributed by atoms with Gasteiger partial charge in [-0.1, -0.05) is 0 Å². The number of alkyl halides is 5. The zero-order valence-electron chi connectivity index (χ0n) is 21.8. The summed E-state index contributed by atoms with van der Waals surface area (Å²) in [7, 11) is -6.65. The summed E-state index contributed by atoms with van der Waals surface area (Å²) in [5, 5.41) is -5.95. The molecule has 1 saturated heterocycles. The molecule has 7 atom stereocenters. The SMILES string of the molecule is O=C(COC(=O)C1C2CC3C(OC(=O)C31)C2OC(=O)C12CC3CC(CC(C3)C1)C2)OC(C(F)(F)F)C(F)(F)S(=O)(=O)O. The number of hydrogen-bond donors (Lipinski definition) is 1. The Bertz CT molecular complexity index is 1280. The van der Waals surface area contributed by atoms with Crippen molar-refractivity contribution in [1.82, 2.24) is 0 Å². The fourth-order valence-corrected chi connectivity index (χ4v) is 9.38. The first-order valence-electron chi connectivity index (χ1n) is 13.6. The van der Waals surface area contributed by atoms with E-state index in [1.54, 1.807) is 0 Å². The summed E-state index contributed by atoms with van der Waals surface area (Å²) in [6.07, 6.45) is -6.89. The van der Waals surface area contributed by atoms with Crippen molar-refractivity contribution in [2.75, 3.05) is 6.61 Å². The lowest BCUT2D eigenvalue weighted by Gasteiger charge is -2.55. The molecule has 0 aromatic heterocycles. The molecule has 11 nitrogen and oxygen atoms in total. The normalized spacial score (nSPS) is 40.5.